The van der Waals surface area contributed by atoms with Gasteiger partial charge in [-0.05, 0) is 47.6 Å². The van der Waals surface area contributed by atoms with Crippen LogP contribution in [0.4, 0.5) is 0 Å². The molecule has 1 aliphatic carbocycles. The van der Waals surface area contributed by atoms with Gasteiger partial charge in [-0.15, -0.1) is 0 Å². The summed E-state index contributed by atoms with van der Waals surface area (Å²) in [6.07, 6.45) is 2.17. The van der Waals surface area contributed by atoms with Crippen LogP contribution in [0.2, 0.25) is 0 Å². The van der Waals surface area contributed by atoms with E-state index >= 15 is 0 Å². The van der Waals surface area contributed by atoms with Gasteiger partial charge >= 0.3 is 5.97 Å². The molecule has 0 saturated heterocycles. The van der Waals surface area contributed by atoms with Crippen molar-refractivity contribution in [2.24, 2.45) is 0 Å². The molecule has 0 aromatic heterocycles. The van der Waals surface area contributed by atoms with Gasteiger partial charge in [0.05, 0.1) is 18.0 Å². The van der Waals surface area contributed by atoms with Crippen molar-refractivity contribution in [3.8, 4) is 0 Å². The van der Waals surface area contributed by atoms with Gasteiger partial charge in [-0.1, -0.05) is 43.3 Å². The van der Waals surface area contributed by atoms with Crippen LogP contribution in [0, 0.1) is 0 Å². The number of benzene rings is 2. The van der Waals surface area contributed by atoms with Crippen molar-refractivity contribution in [2.45, 2.75) is 38.1 Å². The van der Waals surface area contributed by atoms with E-state index in [0.717, 1.165) is 12.8 Å². The number of rotatable bonds is 4. The first-order valence-corrected chi connectivity index (χ1v) is 8.25. The second kappa shape index (κ2) is 6.87. The molecule has 3 rings (SSSR count). The number of hydrogen-bond donors (Lipinski definition) is 2. The molecule has 0 bridgehead atoms. The first kappa shape index (κ1) is 16.2. The van der Waals surface area contributed by atoms with Crippen molar-refractivity contribution >= 4 is 11.9 Å². The maximum absolute atomic E-state index is 12.4. The monoisotopic (exact) mass is 323 g/mol. The molecular formula is C20H21NO3. The van der Waals surface area contributed by atoms with Crippen molar-refractivity contribution < 1.29 is 14.7 Å². The first-order chi connectivity index (χ1) is 11.5. The van der Waals surface area contributed by atoms with E-state index in [1.807, 2.05) is 12.1 Å². The lowest BCUT2D eigenvalue weighted by atomic mass is 9.81. The summed E-state index contributed by atoms with van der Waals surface area (Å²) in [5.74, 6) is -0.541. The highest BCUT2D eigenvalue weighted by atomic mass is 16.4. The Hall–Kier alpha value is -2.62. The molecule has 0 radical (unpaired) electrons. The predicted molar refractivity (Wildman–Crippen MR) is 92.1 cm³/mol. The molecular weight excluding hydrogens is 302 g/mol. The highest BCUT2D eigenvalue weighted by Gasteiger charge is 2.25. The van der Waals surface area contributed by atoms with E-state index in [0.29, 0.717) is 11.5 Å². The summed E-state index contributed by atoms with van der Waals surface area (Å²) >= 11 is 0. The number of hydrogen-bond acceptors (Lipinski definition) is 2. The fraction of sp³-hybridized carbons (Fsp3) is 0.300. The summed E-state index contributed by atoms with van der Waals surface area (Å²) in [4.78, 5) is 23.4. The molecule has 2 aromatic rings. The van der Waals surface area contributed by atoms with E-state index in [1.54, 1.807) is 18.2 Å². The zero-order chi connectivity index (χ0) is 17.1. The molecule has 24 heavy (non-hydrogen) atoms. The number of aromatic carboxylic acids is 1. The Bertz CT molecular complexity index is 769. The van der Waals surface area contributed by atoms with Gasteiger partial charge in [0.15, 0.2) is 0 Å². The van der Waals surface area contributed by atoms with Crippen LogP contribution in [0.1, 0.15) is 58.8 Å². The van der Waals surface area contributed by atoms with Gasteiger partial charge in [-0.2, -0.15) is 0 Å². The maximum atomic E-state index is 12.4. The number of amides is 1. The Balaban J connectivity index is 1.71. The zero-order valence-corrected chi connectivity index (χ0v) is 13.7. The van der Waals surface area contributed by atoms with Gasteiger partial charge in [0.1, 0.15) is 0 Å². The van der Waals surface area contributed by atoms with Crippen LogP contribution in [-0.2, 0) is 11.2 Å². The lowest BCUT2D eigenvalue weighted by Gasteiger charge is -2.30. The van der Waals surface area contributed by atoms with Crippen LogP contribution >= 0.6 is 0 Å². The Morgan fingerprint density at radius 2 is 1.83 bits per heavy atom. The smallest absolute Gasteiger partial charge is 0.335 e. The summed E-state index contributed by atoms with van der Waals surface area (Å²) in [5.41, 5.74) is 3.42. The third-order valence-electron chi connectivity index (χ3n) is 4.66. The van der Waals surface area contributed by atoms with Gasteiger partial charge in [-0.25, -0.2) is 4.79 Å². The largest absolute Gasteiger partial charge is 0.478 e. The predicted octanol–water partition coefficient (Wildman–Crippen LogP) is 3.68. The number of carbonyl (C=O) groups excluding carboxylic acids is 1. The van der Waals surface area contributed by atoms with Crippen molar-refractivity contribution in [3.05, 3.63) is 70.8 Å². The highest BCUT2D eigenvalue weighted by Crippen LogP contribution is 2.36. The van der Waals surface area contributed by atoms with E-state index in [9.17, 15) is 9.59 Å². The van der Waals surface area contributed by atoms with Crippen LogP contribution in [0.5, 0.6) is 0 Å². The molecule has 0 heterocycles. The molecule has 1 amide bonds. The second-order valence-corrected chi connectivity index (χ2v) is 6.41. The molecule has 0 saturated carbocycles. The quantitative estimate of drug-likeness (QED) is 0.902. The molecule has 2 atom stereocenters. The third kappa shape index (κ3) is 3.48. The number of carboxylic acid groups (broad SMARTS) is 1. The van der Waals surface area contributed by atoms with E-state index in [1.165, 1.54) is 17.2 Å². The minimum Gasteiger partial charge on any atom is -0.478 e. The van der Waals surface area contributed by atoms with Gasteiger partial charge in [-0.3, -0.25) is 4.79 Å². The average Bonchev–Trinajstić information content (AvgIpc) is 2.58. The van der Waals surface area contributed by atoms with Gasteiger partial charge in [0.2, 0.25) is 5.91 Å². The van der Waals surface area contributed by atoms with Crippen LogP contribution in [0.3, 0.4) is 0 Å². The van der Waals surface area contributed by atoms with Crippen LogP contribution in [-0.4, -0.2) is 17.0 Å². The summed E-state index contributed by atoms with van der Waals surface area (Å²) in [6, 6.07) is 14.8. The fourth-order valence-electron chi connectivity index (χ4n) is 3.40. The topological polar surface area (TPSA) is 66.4 Å². The van der Waals surface area contributed by atoms with E-state index in [4.69, 9.17) is 5.11 Å². The van der Waals surface area contributed by atoms with Gasteiger partial charge in [0, 0.05) is 0 Å². The molecule has 1 aliphatic rings. The Morgan fingerprint density at radius 3 is 2.58 bits per heavy atom. The van der Waals surface area contributed by atoms with Crippen LogP contribution in [0.15, 0.2) is 48.5 Å². The second-order valence-electron chi connectivity index (χ2n) is 6.41. The molecule has 2 unspecified atom stereocenters. The van der Waals surface area contributed by atoms with Crippen LogP contribution in [0.25, 0.3) is 0 Å². The Kier molecular flexibility index (Phi) is 4.65. The molecule has 124 valence electrons. The molecule has 0 spiro atoms. The number of fused-ring (bicyclic) bond motifs is 1. The van der Waals surface area contributed by atoms with Crippen molar-refractivity contribution in [3.63, 3.8) is 0 Å². The molecule has 0 fully saturated rings. The molecule has 2 aromatic carbocycles. The minimum atomic E-state index is -0.979. The maximum Gasteiger partial charge on any atom is 0.335 e. The zero-order valence-electron chi connectivity index (χ0n) is 13.7. The third-order valence-corrected chi connectivity index (χ3v) is 4.66. The van der Waals surface area contributed by atoms with Gasteiger partial charge < -0.3 is 10.4 Å². The Morgan fingerprint density at radius 1 is 1.08 bits per heavy atom. The minimum absolute atomic E-state index is 0.0348. The Labute approximate surface area is 141 Å². The standard InChI is InChI=1S/C20H21NO3/c1-13-9-10-18(17-8-3-2-7-16(13)17)21-19(22)12-14-5-4-6-15(11-14)20(23)24/h2-8,11,13,18H,9-10,12H2,1H3,(H,21,22)(H,23,24). The SMILES string of the molecule is CC1CCC(NC(=O)Cc2cccc(C(=O)O)c2)c2ccccc21. The van der Waals surface area contributed by atoms with Crippen molar-refractivity contribution in [1.29, 1.82) is 0 Å². The number of carbonyl (C=O) groups is 2. The van der Waals surface area contributed by atoms with Crippen LogP contribution < -0.4 is 5.32 Å². The van der Waals surface area contributed by atoms with Gasteiger partial charge in [0.25, 0.3) is 0 Å². The van der Waals surface area contributed by atoms with Crippen molar-refractivity contribution in [1.82, 2.24) is 5.32 Å². The summed E-state index contributed by atoms with van der Waals surface area (Å²) < 4.78 is 0. The van der Waals surface area contributed by atoms with E-state index < -0.39 is 5.97 Å². The van der Waals surface area contributed by atoms with E-state index in [2.05, 4.69) is 24.4 Å². The highest BCUT2D eigenvalue weighted by molar-refractivity contribution is 5.88. The normalized spacial score (nSPS) is 19.4. The number of carboxylic acids is 1. The molecule has 4 heteroatoms. The first-order valence-electron chi connectivity index (χ1n) is 8.25. The van der Waals surface area contributed by atoms with Crippen molar-refractivity contribution in [2.75, 3.05) is 0 Å². The summed E-state index contributed by atoms with van der Waals surface area (Å²) in [5, 5.41) is 12.1. The number of nitrogens with one attached hydrogen (secondary N) is 1. The summed E-state index contributed by atoms with van der Waals surface area (Å²) in [7, 11) is 0. The lowest BCUT2D eigenvalue weighted by Crippen LogP contribution is -2.32. The molecule has 4 nitrogen and oxygen atoms in total. The average molecular weight is 323 g/mol. The van der Waals surface area contributed by atoms with E-state index in [-0.39, 0.29) is 23.9 Å². The lowest BCUT2D eigenvalue weighted by molar-refractivity contribution is -0.121. The fourth-order valence-corrected chi connectivity index (χ4v) is 3.40. The molecule has 0 aliphatic heterocycles. The molecule has 2 N–H and O–H groups in total. The summed E-state index contributed by atoms with van der Waals surface area (Å²) in [6.45, 7) is 2.22.